The van der Waals surface area contributed by atoms with Crippen LogP contribution in [0.15, 0.2) is 72.9 Å². The molecular formula is C80H145NO8. The summed E-state index contributed by atoms with van der Waals surface area (Å²) < 4.78 is 22.9. The largest absolute Gasteiger partial charge is 0.545 e. The maximum Gasteiger partial charge on any atom is 0.306 e. The van der Waals surface area contributed by atoms with Gasteiger partial charge in [0.25, 0.3) is 0 Å². The van der Waals surface area contributed by atoms with E-state index >= 15 is 0 Å². The summed E-state index contributed by atoms with van der Waals surface area (Å²) >= 11 is 0. The molecule has 0 aliphatic heterocycles. The Balaban J connectivity index is 4.04. The molecule has 89 heavy (non-hydrogen) atoms. The first-order valence-electron chi connectivity index (χ1n) is 38.1. The van der Waals surface area contributed by atoms with Gasteiger partial charge in [0, 0.05) is 12.8 Å². The summed E-state index contributed by atoms with van der Waals surface area (Å²) in [4.78, 5) is 37.6. The zero-order valence-electron chi connectivity index (χ0n) is 59.3. The van der Waals surface area contributed by atoms with Crippen molar-refractivity contribution in [3.05, 3.63) is 72.9 Å². The molecule has 0 amide bonds. The molecule has 0 spiro atoms. The molecule has 0 aromatic carbocycles. The van der Waals surface area contributed by atoms with Gasteiger partial charge in [-0.3, -0.25) is 9.59 Å². The van der Waals surface area contributed by atoms with Crippen LogP contribution >= 0.6 is 0 Å². The number of hydrogen-bond acceptors (Lipinski definition) is 8. The summed E-state index contributed by atoms with van der Waals surface area (Å²) in [5.41, 5.74) is 0. The van der Waals surface area contributed by atoms with Gasteiger partial charge < -0.3 is 33.3 Å². The SMILES string of the molecule is CC/C=C\C/C=C\C/C=C\C/C=C\C/C=C\C/C=C\CCCCCCCCCCCCCCC(=O)OC(COC(=O)CCCCCCCCCCCCCCCCCCCCCCCCCCCCCCCCCCC)COC(OCC[N+](C)(C)C)C(=O)[O-]. The van der Waals surface area contributed by atoms with E-state index in [1.54, 1.807) is 0 Å². The van der Waals surface area contributed by atoms with Crippen molar-refractivity contribution in [3.8, 4) is 0 Å². The van der Waals surface area contributed by atoms with Gasteiger partial charge in [-0.2, -0.15) is 0 Å². The molecule has 0 heterocycles. The van der Waals surface area contributed by atoms with E-state index in [0.29, 0.717) is 23.9 Å². The second kappa shape index (κ2) is 70.6. The number of quaternary nitrogens is 1. The predicted octanol–water partition coefficient (Wildman–Crippen LogP) is 22.7. The molecule has 0 rings (SSSR count). The van der Waals surface area contributed by atoms with E-state index in [0.717, 1.165) is 77.0 Å². The van der Waals surface area contributed by atoms with Crippen molar-refractivity contribution in [2.75, 3.05) is 47.5 Å². The van der Waals surface area contributed by atoms with Gasteiger partial charge in [0.1, 0.15) is 13.2 Å². The Bertz CT molecular complexity index is 1690. The summed E-state index contributed by atoms with van der Waals surface area (Å²) in [7, 11) is 5.94. The maximum absolute atomic E-state index is 13.0. The van der Waals surface area contributed by atoms with E-state index in [-0.39, 0.29) is 32.2 Å². The van der Waals surface area contributed by atoms with E-state index in [1.165, 1.54) is 250 Å². The number of aliphatic carboxylic acids is 1. The topological polar surface area (TPSA) is 111 Å². The average molecular weight is 1250 g/mol. The number of carboxylic acid groups (broad SMARTS) is 1. The smallest absolute Gasteiger partial charge is 0.306 e. The normalized spacial score (nSPS) is 13.0. The Hall–Kier alpha value is -3.27. The number of carboxylic acids is 1. The van der Waals surface area contributed by atoms with E-state index < -0.39 is 24.3 Å². The van der Waals surface area contributed by atoms with Gasteiger partial charge in [0.05, 0.1) is 40.3 Å². The van der Waals surface area contributed by atoms with Gasteiger partial charge in [-0.25, -0.2) is 0 Å². The van der Waals surface area contributed by atoms with Gasteiger partial charge in [-0.1, -0.05) is 356 Å². The minimum absolute atomic E-state index is 0.147. The monoisotopic (exact) mass is 1250 g/mol. The minimum Gasteiger partial charge on any atom is -0.545 e. The molecule has 0 fully saturated rings. The number of nitrogens with zero attached hydrogens (tertiary/aromatic N) is 1. The van der Waals surface area contributed by atoms with Gasteiger partial charge >= 0.3 is 11.9 Å². The van der Waals surface area contributed by atoms with Crippen LogP contribution in [0.5, 0.6) is 0 Å². The molecule has 0 aromatic heterocycles. The highest BCUT2D eigenvalue weighted by Crippen LogP contribution is 2.19. The third kappa shape index (κ3) is 72.0. The van der Waals surface area contributed by atoms with Crippen molar-refractivity contribution >= 4 is 17.9 Å². The first-order valence-corrected chi connectivity index (χ1v) is 38.1. The van der Waals surface area contributed by atoms with Gasteiger partial charge in [-0.05, 0) is 64.2 Å². The Morgan fingerprint density at radius 2 is 0.640 bits per heavy atom. The predicted molar refractivity (Wildman–Crippen MR) is 380 cm³/mol. The lowest BCUT2D eigenvalue weighted by atomic mass is 10.0. The molecule has 0 saturated heterocycles. The van der Waals surface area contributed by atoms with Gasteiger partial charge in [0.15, 0.2) is 12.4 Å². The second-order valence-corrected chi connectivity index (χ2v) is 26.9. The number of hydrogen-bond donors (Lipinski definition) is 0. The fourth-order valence-corrected chi connectivity index (χ4v) is 11.2. The summed E-state index contributed by atoms with van der Waals surface area (Å²) in [6.07, 6.45) is 91.5. The number of unbranched alkanes of at least 4 members (excludes halogenated alkanes) is 44. The van der Waals surface area contributed by atoms with Crippen LogP contribution in [0.3, 0.4) is 0 Å². The summed E-state index contributed by atoms with van der Waals surface area (Å²) in [6, 6.07) is 0. The van der Waals surface area contributed by atoms with Crippen LogP contribution in [0, 0.1) is 0 Å². The first kappa shape index (κ1) is 85.7. The molecule has 0 saturated carbocycles. The standard InChI is InChI=1S/C80H145NO8/c1-6-8-10-12-14-16-18-20-22-24-26-28-30-32-34-36-38-39-41-42-44-46-48-50-52-54-56-58-60-62-64-66-68-70-77(82)87-74-76(75-88-80(79(84)85)86-73-72-81(3,4)5)89-78(83)71-69-67-65-63-61-59-57-55-53-51-49-47-45-43-40-37-35-33-31-29-27-25-23-21-19-17-15-13-11-9-7-2/h9,11,15,17,21,23,27,29,33,35,40,43,76,80H,6-8,10,12-14,16,18-20,22,24-26,28,30-32,34,36-39,41-42,44-75H2,1-5H3/b11-9-,17-15-,23-21-,29-27-,35-33-,43-40-. The zero-order valence-corrected chi connectivity index (χ0v) is 59.3. The van der Waals surface area contributed by atoms with Crippen molar-refractivity contribution in [2.45, 2.75) is 373 Å². The van der Waals surface area contributed by atoms with E-state index in [1.807, 2.05) is 21.1 Å². The number of allylic oxidation sites excluding steroid dienone is 12. The lowest BCUT2D eigenvalue weighted by molar-refractivity contribution is -0.870. The molecule has 2 unspecified atom stereocenters. The Morgan fingerprint density at radius 1 is 0.348 bits per heavy atom. The average Bonchev–Trinajstić information content (AvgIpc) is 3.64. The molecule has 0 aliphatic rings. The van der Waals surface area contributed by atoms with E-state index in [9.17, 15) is 19.5 Å². The fraction of sp³-hybridized carbons (Fsp3) is 0.812. The summed E-state index contributed by atoms with van der Waals surface area (Å²) in [5, 5.41) is 11.8. The number of esters is 2. The zero-order chi connectivity index (χ0) is 64.7. The number of carbonyl (C=O) groups excluding carboxylic acids is 3. The molecule has 9 heteroatoms. The van der Waals surface area contributed by atoms with Crippen molar-refractivity contribution in [1.82, 2.24) is 0 Å². The van der Waals surface area contributed by atoms with Gasteiger partial charge in [-0.15, -0.1) is 0 Å². The van der Waals surface area contributed by atoms with Crippen LogP contribution < -0.4 is 5.11 Å². The summed E-state index contributed by atoms with van der Waals surface area (Å²) in [5.74, 6) is -2.27. The van der Waals surface area contributed by atoms with Crippen molar-refractivity contribution in [1.29, 1.82) is 0 Å². The van der Waals surface area contributed by atoms with Crippen LogP contribution in [0.2, 0.25) is 0 Å². The molecule has 9 nitrogen and oxygen atoms in total. The molecule has 0 aliphatic carbocycles. The molecule has 0 radical (unpaired) electrons. The van der Waals surface area contributed by atoms with Crippen molar-refractivity contribution in [2.24, 2.45) is 0 Å². The Morgan fingerprint density at radius 3 is 0.955 bits per heavy atom. The van der Waals surface area contributed by atoms with Crippen LogP contribution in [0.4, 0.5) is 0 Å². The van der Waals surface area contributed by atoms with Crippen molar-refractivity contribution in [3.63, 3.8) is 0 Å². The highest BCUT2D eigenvalue weighted by molar-refractivity contribution is 5.70. The third-order valence-electron chi connectivity index (χ3n) is 17.0. The maximum atomic E-state index is 13.0. The first-order chi connectivity index (χ1) is 43.6. The minimum atomic E-state index is -1.62. The number of likely N-dealkylation sites (N-methyl/N-ethyl adjacent to an activating group) is 1. The van der Waals surface area contributed by atoms with E-state index in [4.69, 9.17) is 18.9 Å². The van der Waals surface area contributed by atoms with Crippen LogP contribution in [0.25, 0.3) is 0 Å². The lowest BCUT2D eigenvalue weighted by Crippen LogP contribution is -2.44. The van der Waals surface area contributed by atoms with Crippen LogP contribution in [-0.4, -0.2) is 82.3 Å². The molecular weight excluding hydrogens is 1100 g/mol. The molecule has 2 atom stereocenters. The van der Waals surface area contributed by atoms with Crippen molar-refractivity contribution < 1.29 is 42.9 Å². The van der Waals surface area contributed by atoms with Crippen LogP contribution in [-0.2, 0) is 33.3 Å². The Kier molecular flexibility index (Phi) is 68.0. The molecule has 518 valence electrons. The fourth-order valence-electron chi connectivity index (χ4n) is 11.2. The summed E-state index contributed by atoms with van der Waals surface area (Å²) in [6.45, 7) is 4.69. The number of carbonyl (C=O) groups is 3. The molecule has 0 N–H and O–H groups in total. The molecule has 0 aromatic rings. The van der Waals surface area contributed by atoms with Crippen LogP contribution in [0.1, 0.15) is 361 Å². The quantitative estimate of drug-likeness (QED) is 0.0195. The number of ether oxygens (including phenoxy) is 4. The lowest BCUT2D eigenvalue weighted by Gasteiger charge is -2.26. The molecule has 0 bridgehead atoms. The number of rotatable bonds is 71. The Labute approximate surface area is 551 Å². The van der Waals surface area contributed by atoms with E-state index in [2.05, 4.69) is 86.8 Å². The van der Waals surface area contributed by atoms with Gasteiger partial charge in [0.2, 0.25) is 0 Å². The second-order valence-electron chi connectivity index (χ2n) is 26.9. The highest BCUT2D eigenvalue weighted by atomic mass is 16.7. The highest BCUT2D eigenvalue weighted by Gasteiger charge is 2.22. The third-order valence-corrected chi connectivity index (χ3v) is 17.0.